The zero-order valence-corrected chi connectivity index (χ0v) is 12.4. The highest BCUT2D eigenvalue weighted by atomic mass is 16.2. The van der Waals surface area contributed by atoms with Crippen LogP contribution in [0.1, 0.15) is 40.0 Å². The summed E-state index contributed by atoms with van der Waals surface area (Å²) in [4.78, 5) is 26.6. The summed E-state index contributed by atoms with van der Waals surface area (Å²) in [5.74, 6) is -0.110. The van der Waals surface area contributed by atoms with Crippen LogP contribution in [-0.4, -0.2) is 11.7 Å². The summed E-state index contributed by atoms with van der Waals surface area (Å²) in [7, 11) is 0. The van der Waals surface area contributed by atoms with Crippen LogP contribution in [0.2, 0.25) is 0 Å². The van der Waals surface area contributed by atoms with Crippen LogP contribution < -0.4 is 4.90 Å². The summed E-state index contributed by atoms with van der Waals surface area (Å²) in [6.07, 6.45) is 0. The van der Waals surface area contributed by atoms with E-state index in [-0.39, 0.29) is 11.7 Å². The molecule has 1 unspecified atom stereocenters. The van der Waals surface area contributed by atoms with E-state index in [1.54, 1.807) is 4.90 Å². The molecular formula is C18H17NO2. The molecule has 0 radical (unpaired) electrons. The summed E-state index contributed by atoms with van der Waals surface area (Å²) >= 11 is 0. The van der Waals surface area contributed by atoms with E-state index in [2.05, 4.69) is 0 Å². The van der Waals surface area contributed by atoms with Gasteiger partial charge in [0, 0.05) is 12.5 Å². The van der Waals surface area contributed by atoms with Crippen molar-refractivity contribution in [3.05, 3.63) is 64.7 Å². The summed E-state index contributed by atoms with van der Waals surface area (Å²) in [6.45, 7) is 5.43. The predicted octanol–water partition coefficient (Wildman–Crippen LogP) is 3.59. The zero-order chi connectivity index (χ0) is 15.1. The Balaban J connectivity index is 2.23. The Morgan fingerprint density at radius 1 is 1.10 bits per heavy atom. The van der Waals surface area contributed by atoms with Gasteiger partial charge in [-0.2, -0.15) is 0 Å². The smallest absolute Gasteiger partial charge is 0.224 e. The molecule has 0 bridgehead atoms. The summed E-state index contributed by atoms with van der Waals surface area (Å²) in [5, 5.41) is 0. The Labute approximate surface area is 124 Å². The van der Waals surface area contributed by atoms with Gasteiger partial charge in [0.25, 0.3) is 0 Å². The molecule has 0 aromatic heterocycles. The summed E-state index contributed by atoms with van der Waals surface area (Å²) in [5.41, 5.74) is 4.26. The van der Waals surface area contributed by atoms with Crippen LogP contribution in [0, 0.1) is 13.8 Å². The molecule has 106 valence electrons. The van der Waals surface area contributed by atoms with E-state index in [0.29, 0.717) is 5.56 Å². The van der Waals surface area contributed by atoms with Gasteiger partial charge in [-0.1, -0.05) is 36.4 Å². The Kier molecular flexibility index (Phi) is 3.13. The molecule has 1 amide bonds. The molecule has 3 heteroatoms. The molecule has 0 saturated carbocycles. The second kappa shape index (κ2) is 4.85. The van der Waals surface area contributed by atoms with E-state index in [4.69, 9.17) is 0 Å². The van der Waals surface area contributed by atoms with Crippen LogP contribution in [0.4, 0.5) is 5.69 Å². The van der Waals surface area contributed by atoms with Gasteiger partial charge in [0.15, 0.2) is 5.78 Å². The normalized spacial score (nSPS) is 17.0. The molecule has 0 spiro atoms. The largest absolute Gasteiger partial charge is 0.297 e. The molecule has 1 atom stereocenters. The molecule has 3 nitrogen and oxygen atoms in total. The number of hydrogen-bond donors (Lipinski definition) is 0. The molecule has 0 aliphatic carbocycles. The number of benzene rings is 2. The van der Waals surface area contributed by atoms with Gasteiger partial charge >= 0.3 is 0 Å². The van der Waals surface area contributed by atoms with Crippen molar-refractivity contribution in [3.8, 4) is 0 Å². The third-order valence-electron chi connectivity index (χ3n) is 3.91. The van der Waals surface area contributed by atoms with Crippen molar-refractivity contribution in [2.45, 2.75) is 26.8 Å². The molecule has 1 aliphatic heterocycles. The minimum Gasteiger partial charge on any atom is -0.297 e. The lowest BCUT2D eigenvalue weighted by atomic mass is 9.99. The Morgan fingerprint density at radius 3 is 2.38 bits per heavy atom. The van der Waals surface area contributed by atoms with Gasteiger partial charge < -0.3 is 0 Å². The molecule has 0 fully saturated rings. The van der Waals surface area contributed by atoms with Gasteiger partial charge in [0.05, 0.1) is 5.69 Å². The first-order valence-corrected chi connectivity index (χ1v) is 7.01. The number of anilines is 1. The highest BCUT2D eigenvalue weighted by Gasteiger charge is 2.41. The molecule has 0 saturated heterocycles. The molecule has 1 aliphatic rings. The van der Waals surface area contributed by atoms with E-state index >= 15 is 0 Å². The number of Topliss-reactive ketones (excluding diaryl/α,β-unsaturated/α-hetero) is 1. The number of ketones is 1. The summed E-state index contributed by atoms with van der Waals surface area (Å²) in [6, 6.07) is 12.8. The van der Waals surface area contributed by atoms with Crippen molar-refractivity contribution in [1.82, 2.24) is 0 Å². The maximum atomic E-state index is 12.8. The quantitative estimate of drug-likeness (QED) is 0.800. The number of carbonyl (C=O) groups is 2. The first kappa shape index (κ1) is 13.6. The fourth-order valence-corrected chi connectivity index (χ4v) is 3.14. The second-order valence-electron chi connectivity index (χ2n) is 5.54. The minimum atomic E-state index is -0.542. The van der Waals surface area contributed by atoms with Crippen LogP contribution in [0.25, 0.3) is 0 Å². The van der Waals surface area contributed by atoms with Crippen molar-refractivity contribution in [2.75, 3.05) is 4.90 Å². The molecule has 2 aromatic rings. The molecule has 3 rings (SSSR count). The Hall–Kier alpha value is -2.42. The first-order valence-electron chi connectivity index (χ1n) is 7.01. The molecular weight excluding hydrogens is 262 g/mol. The number of nitrogens with zero attached hydrogens (tertiary/aromatic N) is 1. The van der Waals surface area contributed by atoms with Gasteiger partial charge in [0.2, 0.25) is 5.91 Å². The Morgan fingerprint density at radius 2 is 1.76 bits per heavy atom. The Bertz CT molecular complexity index is 734. The number of amides is 1. The molecule has 0 N–H and O–H groups in total. The lowest BCUT2D eigenvalue weighted by Gasteiger charge is -2.24. The number of carbonyl (C=O) groups excluding carboxylic acids is 2. The predicted molar refractivity (Wildman–Crippen MR) is 82.6 cm³/mol. The first-order chi connectivity index (χ1) is 10.0. The monoisotopic (exact) mass is 279 g/mol. The van der Waals surface area contributed by atoms with Crippen molar-refractivity contribution < 1.29 is 9.59 Å². The second-order valence-corrected chi connectivity index (χ2v) is 5.54. The standard InChI is InChI=1S/C18H17NO2/c1-11-9-12(2)16-15(10-11)18(21)17(19(16)13(3)20)14-7-5-4-6-8-14/h4-10,17H,1-3H3. The van der Waals surface area contributed by atoms with Gasteiger partial charge in [-0.15, -0.1) is 0 Å². The van der Waals surface area contributed by atoms with Crippen molar-refractivity contribution in [2.24, 2.45) is 0 Å². The lowest BCUT2D eigenvalue weighted by molar-refractivity contribution is -0.116. The van der Waals surface area contributed by atoms with Crippen molar-refractivity contribution in [1.29, 1.82) is 0 Å². The maximum Gasteiger partial charge on any atom is 0.224 e. The van der Waals surface area contributed by atoms with Crippen molar-refractivity contribution >= 4 is 17.4 Å². The highest BCUT2D eigenvalue weighted by molar-refractivity contribution is 6.18. The third-order valence-corrected chi connectivity index (χ3v) is 3.91. The van der Waals surface area contributed by atoms with Crippen LogP contribution in [0.5, 0.6) is 0 Å². The lowest BCUT2D eigenvalue weighted by Crippen LogP contribution is -2.32. The van der Waals surface area contributed by atoms with E-state index in [9.17, 15) is 9.59 Å². The molecule has 2 aromatic carbocycles. The third kappa shape index (κ3) is 2.05. The summed E-state index contributed by atoms with van der Waals surface area (Å²) < 4.78 is 0. The van der Waals surface area contributed by atoms with Crippen LogP contribution in [-0.2, 0) is 4.79 Å². The van der Waals surface area contributed by atoms with Gasteiger partial charge in [-0.05, 0) is 36.6 Å². The zero-order valence-electron chi connectivity index (χ0n) is 12.4. The maximum absolute atomic E-state index is 12.8. The topological polar surface area (TPSA) is 37.4 Å². The fourth-order valence-electron chi connectivity index (χ4n) is 3.14. The average molecular weight is 279 g/mol. The van der Waals surface area contributed by atoms with Gasteiger partial charge in [-0.25, -0.2) is 0 Å². The van der Waals surface area contributed by atoms with E-state index < -0.39 is 6.04 Å². The van der Waals surface area contributed by atoms with Crippen LogP contribution >= 0.6 is 0 Å². The van der Waals surface area contributed by atoms with Gasteiger partial charge in [-0.3, -0.25) is 14.5 Å². The van der Waals surface area contributed by atoms with Crippen LogP contribution in [0.3, 0.4) is 0 Å². The number of aryl methyl sites for hydroxylation is 2. The fraction of sp³-hybridized carbons (Fsp3) is 0.222. The minimum absolute atomic E-state index is 0.00167. The number of rotatable bonds is 1. The molecule has 21 heavy (non-hydrogen) atoms. The van der Waals surface area contributed by atoms with Crippen molar-refractivity contribution in [3.63, 3.8) is 0 Å². The highest BCUT2D eigenvalue weighted by Crippen LogP contribution is 2.42. The van der Waals surface area contributed by atoms with Gasteiger partial charge in [0.1, 0.15) is 6.04 Å². The van der Waals surface area contributed by atoms with E-state index in [1.807, 2.05) is 56.3 Å². The van der Waals surface area contributed by atoms with E-state index in [1.165, 1.54) is 6.92 Å². The van der Waals surface area contributed by atoms with E-state index in [0.717, 1.165) is 22.4 Å². The SMILES string of the molecule is CC(=O)N1c2c(C)cc(C)cc2C(=O)C1c1ccccc1. The van der Waals surface area contributed by atoms with Crippen LogP contribution in [0.15, 0.2) is 42.5 Å². The number of hydrogen-bond acceptors (Lipinski definition) is 2. The average Bonchev–Trinajstić information content (AvgIpc) is 2.74. The molecule has 1 heterocycles. The number of fused-ring (bicyclic) bond motifs is 1.